The number of aliphatic imine (C=N–C) groups is 1. The number of H-pyrrole nitrogens is 1. The molecule has 1 N–H and O–H groups in total. The van der Waals surface area contributed by atoms with Crippen molar-refractivity contribution in [3.05, 3.63) is 74.8 Å². The Kier molecular flexibility index (Phi) is 5.61. The van der Waals surface area contributed by atoms with E-state index in [1.807, 2.05) is 20.8 Å². The highest BCUT2D eigenvalue weighted by molar-refractivity contribution is 6.05. The zero-order chi connectivity index (χ0) is 21.5. The number of rotatable bonds is 4. The average molecular weight is 400 g/mol. The summed E-state index contributed by atoms with van der Waals surface area (Å²) < 4.78 is 39.2. The summed E-state index contributed by atoms with van der Waals surface area (Å²) in [6.07, 6.45) is -2.59. The van der Waals surface area contributed by atoms with Gasteiger partial charge in [-0.1, -0.05) is 26.0 Å². The van der Waals surface area contributed by atoms with E-state index in [1.54, 1.807) is 12.1 Å². The highest BCUT2D eigenvalue weighted by Crippen LogP contribution is 2.39. The SMILES string of the molecule is CCC1=C(C)C(=C(c2ccc(C(F)(F)F)cc2)c2[nH]c(C)c(CC)c2C)N=C1C. The van der Waals surface area contributed by atoms with Gasteiger partial charge in [-0.25, -0.2) is 0 Å². The van der Waals surface area contributed by atoms with Gasteiger partial charge < -0.3 is 4.98 Å². The summed E-state index contributed by atoms with van der Waals surface area (Å²) in [6.45, 7) is 12.3. The van der Waals surface area contributed by atoms with Crippen molar-refractivity contribution in [3.63, 3.8) is 0 Å². The van der Waals surface area contributed by atoms with Gasteiger partial charge in [0.05, 0.1) is 17.0 Å². The molecular weight excluding hydrogens is 373 g/mol. The van der Waals surface area contributed by atoms with E-state index >= 15 is 0 Å². The number of nitrogens with zero attached hydrogens (tertiary/aromatic N) is 1. The molecule has 0 amide bonds. The predicted octanol–water partition coefficient (Wildman–Crippen LogP) is 7.17. The molecule has 2 aromatic rings. The largest absolute Gasteiger partial charge is 0.416 e. The van der Waals surface area contributed by atoms with Crippen LogP contribution in [0.3, 0.4) is 0 Å². The second kappa shape index (κ2) is 7.69. The van der Waals surface area contributed by atoms with E-state index in [0.29, 0.717) is 0 Å². The highest BCUT2D eigenvalue weighted by Gasteiger charge is 2.31. The lowest BCUT2D eigenvalue weighted by Crippen LogP contribution is -2.05. The maximum atomic E-state index is 13.1. The molecule has 5 heteroatoms. The van der Waals surface area contributed by atoms with E-state index < -0.39 is 11.7 Å². The number of aromatic nitrogens is 1. The molecule has 0 atom stereocenters. The molecule has 29 heavy (non-hydrogen) atoms. The number of hydrogen-bond donors (Lipinski definition) is 1. The van der Waals surface area contributed by atoms with Crippen molar-refractivity contribution in [1.82, 2.24) is 4.98 Å². The van der Waals surface area contributed by atoms with Gasteiger partial charge in [-0.15, -0.1) is 0 Å². The number of alkyl halides is 3. The van der Waals surface area contributed by atoms with Crippen LogP contribution in [0.2, 0.25) is 0 Å². The maximum Gasteiger partial charge on any atom is 0.416 e. The molecule has 0 saturated carbocycles. The number of allylic oxidation sites excluding steroid dienone is 2. The third kappa shape index (κ3) is 3.70. The van der Waals surface area contributed by atoms with E-state index in [1.165, 1.54) is 11.1 Å². The first-order valence-corrected chi connectivity index (χ1v) is 9.96. The number of aryl methyl sites for hydroxylation is 1. The molecule has 0 saturated heterocycles. The second-order valence-electron chi connectivity index (χ2n) is 7.54. The molecule has 0 unspecified atom stereocenters. The summed E-state index contributed by atoms with van der Waals surface area (Å²) in [5, 5.41) is 0. The third-order valence-corrected chi connectivity index (χ3v) is 5.81. The number of hydrogen-bond acceptors (Lipinski definition) is 1. The van der Waals surface area contributed by atoms with Gasteiger partial charge in [-0.2, -0.15) is 13.2 Å². The van der Waals surface area contributed by atoms with Crippen molar-refractivity contribution in [2.75, 3.05) is 0 Å². The van der Waals surface area contributed by atoms with Crippen molar-refractivity contribution in [1.29, 1.82) is 0 Å². The first-order valence-electron chi connectivity index (χ1n) is 9.96. The number of benzene rings is 1. The minimum absolute atomic E-state index is 0.646. The Morgan fingerprint density at radius 2 is 1.59 bits per heavy atom. The molecular formula is C24H27F3N2. The Hall–Kier alpha value is -2.56. The summed E-state index contributed by atoms with van der Waals surface area (Å²) >= 11 is 0. The fourth-order valence-electron chi connectivity index (χ4n) is 4.29. The molecule has 154 valence electrons. The van der Waals surface area contributed by atoms with E-state index in [9.17, 15) is 13.2 Å². The van der Waals surface area contributed by atoms with Crippen LogP contribution < -0.4 is 0 Å². The van der Waals surface area contributed by atoms with E-state index in [2.05, 4.69) is 25.8 Å². The minimum atomic E-state index is -4.35. The summed E-state index contributed by atoms with van der Waals surface area (Å²) in [4.78, 5) is 8.31. The van der Waals surface area contributed by atoms with E-state index in [-0.39, 0.29) is 0 Å². The molecule has 2 heterocycles. The molecule has 0 fully saturated rings. The van der Waals surface area contributed by atoms with Crippen LogP contribution in [0.15, 0.2) is 46.1 Å². The van der Waals surface area contributed by atoms with Gasteiger partial charge in [0.25, 0.3) is 0 Å². The van der Waals surface area contributed by atoms with Crippen molar-refractivity contribution in [2.24, 2.45) is 4.99 Å². The lowest BCUT2D eigenvalue weighted by molar-refractivity contribution is -0.137. The Balaban J connectivity index is 2.31. The average Bonchev–Trinajstić information content (AvgIpc) is 3.10. The van der Waals surface area contributed by atoms with Crippen LogP contribution in [0.25, 0.3) is 5.57 Å². The topological polar surface area (TPSA) is 28.1 Å². The van der Waals surface area contributed by atoms with Crippen molar-refractivity contribution < 1.29 is 13.2 Å². The highest BCUT2D eigenvalue weighted by atomic mass is 19.4. The predicted molar refractivity (Wildman–Crippen MR) is 113 cm³/mol. The Morgan fingerprint density at radius 1 is 0.966 bits per heavy atom. The van der Waals surface area contributed by atoms with Gasteiger partial charge in [0, 0.05) is 17.0 Å². The monoisotopic (exact) mass is 400 g/mol. The molecule has 0 spiro atoms. The van der Waals surface area contributed by atoms with Crippen LogP contribution in [0.1, 0.15) is 67.8 Å². The second-order valence-corrected chi connectivity index (χ2v) is 7.54. The molecule has 2 nitrogen and oxygen atoms in total. The Bertz CT molecular complexity index is 1030. The molecule has 3 rings (SSSR count). The fraction of sp³-hybridized carbons (Fsp3) is 0.375. The standard InChI is InChI=1S/C24H27F3N2/c1-7-19-13(3)22(28-15(19)5)21(23-14(4)20(8-2)16(6)29-23)17-9-11-18(12-10-17)24(25,26)27/h9-12,28H,7-8H2,1-6H3. The summed E-state index contributed by atoms with van der Waals surface area (Å²) in [5.74, 6) is 0. The first-order chi connectivity index (χ1) is 13.6. The van der Waals surface area contributed by atoms with Crippen molar-refractivity contribution >= 4 is 11.3 Å². The van der Waals surface area contributed by atoms with Gasteiger partial charge in [0.1, 0.15) is 0 Å². The summed E-state index contributed by atoms with van der Waals surface area (Å²) in [7, 11) is 0. The number of nitrogens with one attached hydrogen (secondary N) is 1. The van der Waals surface area contributed by atoms with Gasteiger partial charge in [0.2, 0.25) is 0 Å². The fourth-order valence-corrected chi connectivity index (χ4v) is 4.29. The summed E-state index contributed by atoms with van der Waals surface area (Å²) in [5.41, 5.74) is 9.42. The molecule has 0 aliphatic carbocycles. The Labute approximate surface area is 170 Å². The number of aromatic amines is 1. The van der Waals surface area contributed by atoms with Crippen LogP contribution in [0, 0.1) is 13.8 Å². The number of halogens is 3. The van der Waals surface area contributed by atoms with Crippen LogP contribution in [0.5, 0.6) is 0 Å². The normalized spacial score (nSPS) is 16.5. The molecule has 1 aromatic heterocycles. The Morgan fingerprint density at radius 3 is 2.03 bits per heavy atom. The van der Waals surface area contributed by atoms with E-state index in [0.717, 1.165) is 70.0 Å². The van der Waals surface area contributed by atoms with Gasteiger partial charge in [-0.3, -0.25) is 4.99 Å². The zero-order valence-electron chi connectivity index (χ0n) is 17.8. The van der Waals surface area contributed by atoms with Crippen LogP contribution in [-0.2, 0) is 12.6 Å². The molecule has 1 aliphatic heterocycles. The van der Waals surface area contributed by atoms with Crippen LogP contribution in [-0.4, -0.2) is 10.7 Å². The van der Waals surface area contributed by atoms with Crippen LogP contribution >= 0.6 is 0 Å². The summed E-state index contributed by atoms with van der Waals surface area (Å²) in [6, 6.07) is 5.39. The smallest absolute Gasteiger partial charge is 0.358 e. The van der Waals surface area contributed by atoms with Crippen LogP contribution in [0.4, 0.5) is 13.2 Å². The zero-order valence-corrected chi connectivity index (χ0v) is 17.8. The lowest BCUT2D eigenvalue weighted by atomic mass is 9.92. The molecule has 0 bridgehead atoms. The minimum Gasteiger partial charge on any atom is -0.358 e. The molecule has 1 aliphatic rings. The van der Waals surface area contributed by atoms with Gasteiger partial charge in [0.15, 0.2) is 0 Å². The quantitative estimate of drug-likeness (QED) is 0.563. The van der Waals surface area contributed by atoms with Gasteiger partial charge >= 0.3 is 6.18 Å². The van der Waals surface area contributed by atoms with Gasteiger partial charge in [-0.05, 0) is 80.5 Å². The van der Waals surface area contributed by atoms with E-state index in [4.69, 9.17) is 4.99 Å². The third-order valence-electron chi connectivity index (χ3n) is 5.81. The van der Waals surface area contributed by atoms with Crippen molar-refractivity contribution in [3.8, 4) is 0 Å². The molecule has 0 radical (unpaired) electrons. The van der Waals surface area contributed by atoms with Crippen molar-refractivity contribution in [2.45, 2.75) is 60.6 Å². The lowest BCUT2D eigenvalue weighted by Gasteiger charge is -2.14. The maximum absolute atomic E-state index is 13.1. The first kappa shape index (κ1) is 21.2. The molecule has 1 aromatic carbocycles.